The van der Waals surface area contributed by atoms with E-state index in [0.717, 1.165) is 30.5 Å². The third-order valence-electron chi connectivity index (χ3n) is 3.64. The molecule has 1 fully saturated rings. The summed E-state index contributed by atoms with van der Waals surface area (Å²) in [5.74, 6) is -0.649. The van der Waals surface area contributed by atoms with Gasteiger partial charge in [-0.2, -0.15) is 5.10 Å². The van der Waals surface area contributed by atoms with E-state index in [4.69, 9.17) is 9.47 Å². The Morgan fingerprint density at radius 1 is 1.20 bits per heavy atom. The van der Waals surface area contributed by atoms with Gasteiger partial charge in [0.15, 0.2) is 5.79 Å². The van der Waals surface area contributed by atoms with Crippen LogP contribution in [0.2, 0.25) is 0 Å². The van der Waals surface area contributed by atoms with Crippen molar-refractivity contribution in [3.8, 4) is 0 Å². The van der Waals surface area contributed by atoms with Crippen molar-refractivity contribution in [3.05, 3.63) is 35.9 Å². The third kappa shape index (κ3) is 2.73. The Bertz CT molecular complexity index is 507. The maximum absolute atomic E-state index is 11.1. The largest absolute Gasteiger partial charge is 0.343 e. The minimum absolute atomic E-state index is 0.0221. The second-order valence-electron chi connectivity index (χ2n) is 5.06. The summed E-state index contributed by atoms with van der Waals surface area (Å²) in [5, 5.41) is 4.01. The van der Waals surface area contributed by atoms with Gasteiger partial charge in [0.2, 0.25) is 5.91 Å². The van der Waals surface area contributed by atoms with Crippen LogP contribution in [0.3, 0.4) is 0 Å². The number of hydrogen-bond acceptors (Lipinski definition) is 4. The first-order valence-electron chi connectivity index (χ1n) is 6.96. The molecule has 2 heterocycles. The van der Waals surface area contributed by atoms with Crippen LogP contribution in [0.25, 0.3) is 0 Å². The van der Waals surface area contributed by atoms with Gasteiger partial charge >= 0.3 is 0 Å². The van der Waals surface area contributed by atoms with Gasteiger partial charge in [-0.05, 0) is 12.8 Å². The van der Waals surface area contributed by atoms with E-state index < -0.39 is 5.79 Å². The zero-order chi connectivity index (χ0) is 13.8. The van der Waals surface area contributed by atoms with Crippen molar-refractivity contribution in [1.29, 1.82) is 0 Å². The van der Waals surface area contributed by atoms with E-state index >= 15 is 0 Å². The van der Waals surface area contributed by atoms with E-state index in [9.17, 15) is 4.79 Å². The van der Waals surface area contributed by atoms with Crippen LogP contribution in [-0.2, 0) is 20.1 Å². The molecule has 1 amide bonds. The zero-order valence-corrected chi connectivity index (χ0v) is 11.3. The van der Waals surface area contributed by atoms with Crippen molar-refractivity contribution >= 4 is 11.6 Å². The first-order valence-corrected chi connectivity index (χ1v) is 6.96. The second kappa shape index (κ2) is 5.73. The highest BCUT2D eigenvalue weighted by atomic mass is 16.7. The number of carbonyl (C=O) groups excluding carboxylic acids is 1. The Balaban J connectivity index is 1.62. The molecular weight excluding hydrogens is 256 g/mol. The van der Waals surface area contributed by atoms with Gasteiger partial charge in [-0.15, -0.1) is 0 Å². The standard InChI is InChI=1S/C15H18N2O3/c18-14-11-13(16-17-14)7-4-8-15(19-9-10-20-15)12-5-2-1-3-6-12/h1-3,5-6H,4,7-11H2,(H,17,18). The quantitative estimate of drug-likeness (QED) is 0.892. The van der Waals surface area contributed by atoms with Crippen LogP contribution in [0.4, 0.5) is 0 Å². The molecule has 0 saturated carbocycles. The molecule has 0 aromatic heterocycles. The molecule has 3 rings (SSSR count). The van der Waals surface area contributed by atoms with E-state index in [0.29, 0.717) is 19.6 Å². The fraction of sp³-hybridized carbons (Fsp3) is 0.467. The third-order valence-corrected chi connectivity index (χ3v) is 3.64. The molecule has 0 spiro atoms. The molecular formula is C15H18N2O3. The number of amides is 1. The minimum atomic E-state index is -0.627. The van der Waals surface area contributed by atoms with Crippen LogP contribution < -0.4 is 5.43 Å². The van der Waals surface area contributed by atoms with Gasteiger partial charge in [0, 0.05) is 17.7 Å². The number of benzene rings is 1. The summed E-state index contributed by atoms with van der Waals surface area (Å²) >= 11 is 0. The van der Waals surface area contributed by atoms with Crippen LogP contribution in [0.5, 0.6) is 0 Å². The highest BCUT2D eigenvalue weighted by molar-refractivity contribution is 6.04. The van der Waals surface area contributed by atoms with Crippen molar-refractivity contribution in [3.63, 3.8) is 0 Å². The summed E-state index contributed by atoms with van der Waals surface area (Å²) < 4.78 is 11.7. The lowest BCUT2D eigenvalue weighted by Crippen LogP contribution is -2.27. The Morgan fingerprint density at radius 2 is 1.95 bits per heavy atom. The topological polar surface area (TPSA) is 59.9 Å². The lowest BCUT2D eigenvalue weighted by molar-refractivity contribution is -0.171. The predicted molar refractivity (Wildman–Crippen MR) is 74.1 cm³/mol. The Kier molecular flexibility index (Phi) is 3.80. The molecule has 0 aliphatic carbocycles. The predicted octanol–water partition coefficient (Wildman–Crippen LogP) is 1.93. The van der Waals surface area contributed by atoms with Gasteiger partial charge in [-0.3, -0.25) is 4.79 Å². The highest BCUT2D eigenvalue weighted by Crippen LogP contribution is 2.36. The highest BCUT2D eigenvalue weighted by Gasteiger charge is 2.37. The van der Waals surface area contributed by atoms with Gasteiger partial charge < -0.3 is 9.47 Å². The van der Waals surface area contributed by atoms with Gasteiger partial charge in [-0.25, -0.2) is 5.43 Å². The lowest BCUT2D eigenvalue weighted by atomic mass is 9.98. The molecule has 106 valence electrons. The molecule has 2 aliphatic rings. The van der Waals surface area contributed by atoms with Crippen LogP contribution in [0, 0.1) is 0 Å². The van der Waals surface area contributed by atoms with Gasteiger partial charge in [0.05, 0.1) is 19.6 Å². The van der Waals surface area contributed by atoms with E-state index in [1.54, 1.807) is 0 Å². The van der Waals surface area contributed by atoms with E-state index in [2.05, 4.69) is 10.5 Å². The van der Waals surface area contributed by atoms with Crippen LogP contribution in [0.1, 0.15) is 31.2 Å². The lowest BCUT2D eigenvalue weighted by Gasteiger charge is -2.27. The SMILES string of the molecule is O=C1CC(CCCC2(c3ccccc3)OCCO2)=NN1. The van der Waals surface area contributed by atoms with Crippen molar-refractivity contribution in [2.24, 2.45) is 5.10 Å². The van der Waals surface area contributed by atoms with Gasteiger partial charge in [0.25, 0.3) is 0 Å². The van der Waals surface area contributed by atoms with E-state index in [1.165, 1.54) is 0 Å². The molecule has 2 aliphatic heterocycles. The van der Waals surface area contributed by atoms with Crippen LogP contribution in [0.15, 0.2) is 35.4 Å². The van der Waals surface area contributed by atoms with Crippen molar-refractivity contribution in [2.45, 2.75) is 31.5 Å². The molecule has 0 atom stereocenters. The van der Waals surface area contributed by atoms with Crippen molar-refractivity contribution in [1.82, 2.24) is 5.43 Å². The molecule has 1 N–H and O–H groups in total. The van der Waals surface area contributed by atoms with Crippen molar-refractivity contribution < 1.29 is 14.3 Å². The summed E-state index contributed by atoms with van der Waals surface area (Å²) in [6.07, 6.45) is 2.85. The van der Waals surface area contributed by atoms with Crippen LogP contribution >= 0.6 is 0 Å². The molecule has 5 nitrogen and oxygen atoms in total. The van der Waals surface area contributed by atoms with E-state index in [1.807, 2.05) is 30.3 Å². The molecule has 20 heavy (non-hydrogen) atoms. The average molecular weight is 274 g/mol. The number of ether oxygens (including phenoxy) is 2. The second-order valence-corrected chi connectivity index (χ2v) is 5.06. The Hall–Kier alpha value is -1.72. The first kappa shape index (κ1) is 13.3. The molecule has 0 radical (unpaired) electrons. The van der Waals surface area contributed by atoms with E-state index in [-0.39, 0.29) is 5.91 Å². The average Bonchev–Trinajstić information content (AvgIpc) is 3.10. The summed E-state index contributed by atoms with van der Waals surface area (Å²) in [4.78, 5) is 11.1. The number of hydrazone groups is 1. The monoisotopic (exact) mass is 274 g/mol. The Labute approximate surface area is 118 Å². The number of nitrogens with one attached hydrogen (secondary N) is 1. The van der Waals surface area contributed by atoms with Crippen LogP contribution in [-0.4, -0.2) is 24.8 Å². The molecule has 1 aromatic carbocycles. The van der Waals surface area contributed by atoms with Gasteiger partial charge in [0.1, 0.15) is 0 Å². The molecule has 0 unspecified atom stereocenters. The summed E-state index contributed by atoms with van der Waals surface area (Å²) in [6.45, 7) is 1.24. The summed E-state index contributed by atoms with van der Waals surface area (Å²) in [7, 11) is 0. The Morgan fingerprint density at radius 3 is 2.60 bits per heavy atom. The minimum Gasteiger partial charge on any atom is -0.343 e. The number of hydrogen-bond donors (Lipinski definition) is 1. The fourth-order valence-electron chi connectivity index (χ4n) is 2.68. The number of nitrogens with zero attached hydrogens (tertiary/aromatic N) is 1. The fourth-order valence-corrected chi connectivity index (χ4v) is 2.68. The number of rotatable bonds is 5. The number of carbonyl (C=O) groups is 1. The summed E-state index contributed by atoms with van der Waals surface area (Å²) in [6, 6.07) is 10.0. The van der Waals surface area contributed by atoms with Crippen molar-refractivity contribution in [2.75, 3.05) is 13.2 Å². The molecule has 5 heteroatoms. The zero-order valence-electron chi connectivity index (χ0n) is 11.3. The normalized spacial score (nSPS) is 20.8. The maximum Gasteiger partial charge on any atom is 0.245 e. The first-order chi connectivity index (χ1) is 9.78. The summed E-state index contributed by atoms with van der Waals surface area (Å²) in [5.41, 5.74) is 4.44. The smallest absolute Gasteiger partial charge is 0.245 e. The molecule has 1 saturated heterocycles. The maximum atomic E-state index is 11.1. The molecule has 1 aromatic rings. The van der Waals surface area contributed by atoms with Gasteiger partial charge in [-0.1, -0.05) is 30.3 Å². The molecule has 0 bridgehead atoms.